The van der Waals surface area contributed by atoms with Crippen LogP contribution < -0.4 is 0 Å². The Balaban J connectivity index is 1.14. The number of methoxy groups -OCH3 is 1. The summed E-state index contributed by atoms with van der Waals surface area (Å²) in [6.07, 6.45) is -9.44. The molecule has 376 valence electrons. The monoisotopic (exact) mass is 989 g/mol. The molecule has 14 heteroatoms. The Kier molecular flexibility index (Phi) is 19.3. The molecule has 2 aliphatic heterocycles. The van der Waals surface area contributed by atoms with Crippen LogP contribution in [-0.2, 0) is 101 Å². The Morgan fingerprint density at radius 1 is 0.408 bits per heavy atom. The van der Waals surface area contributed by atoms with Gasteiger partial charge in [-0.15, -0.1) is 0 Å². The summed E-state index contributed by atoms with van der Waals surface area (Å²) in [6, 6.07) is 58.8. The summed E-state index contributed by atoms with van der Waals surface area (Å²) in [5.41, 5.74) is 5.59. The highest BCUT2D eigenvalue weighted by molar-refractivity contribution is 7.85. The minimum atomic E-state index is -4.11. The van der Waals surface area contributed by atoms with Crippen molar-refractivity contribution in [2.24, 2.45) is 0 Å². The Morgan fingerprint density at radius 3 is 1.07 bits per heavy atom. The number of rotatable bonds is 26. The van der Waals surface area contributed by atoms with Crippen LogP contribution in [0.15, 0.2) is 182 Å². The molecule has 0 spiro atoms. The molecule has 1 unspecified atom stereocenters. The van der Waals surface area contributed by atoms with Gasteiger partial charge < -0.3 is 47.4 Å². The fourth-order valence-corrected chi connectivity index (χ4v) is 9.01. The van der Waals surface area contributed by atoms with Crippen molar-refractivity contribution in [3.05, 3.63) is 215 Å². The summed E-state index contributed by atoms with van der Waals surface area (Å²) in [6.45, 7) is 0.882. The molecule has 0 saturated carbocycles. The highest BCUT2D eigenvalue weighted by Crippen LogP contribution is 2.35. The summed E-state index contributed by atoms with van der Waals surface area (Å²) < 4.78 is 105. The molecule has 13 nitrogen and oxygen atoms in total. The molecule has 6 aromatic rings. The predicted octanol–water partition coefficient (Wildman–Crippen LogP) is 8.98. The van der Waals surface area contributed by atoms with Gasteiger partial charge in [-0.2, -0.15) is 8.42 Å². The summed E-state index contributed by atoms with van der Waals surface area (Å²) in [7, 11) is -2.55. The van der Waals surface area contributed by atoms with Crippen LogP contribution in [0, 0.1) is 0 Å². The summed E-state index contributed by atoms with van der Waals surface area (Å²) >= 11 is 0. The molecule has 0 bridgehead atoms. The van der Waals surface area contributed by atoms with Gasteiger partial charge >= 0.3 is 0 Å². The first-order valence-corrected chi connectivity index (χ1v) is 25.5. The van der Waals surface area contributed by atoms with Crippen LogP contribution >= 0.6 is 0 Å². The Morgan fingerprint density at radius 2 is 0.718 bits per heavy atom. The van der Waals surface area contributed by atoms with Crippen molar-refractivity contribution in [2.75, 3.05) is 26.6 Å². The van der Waals surface area contributed by atoms with Gasteiger partial charge in [-0.05, 0) is 33.4 Å². The SMILES string of the molecule is [2H]CS(=O)(=O)OCC[C@@H]1OC(OC[C@H]2O[C@H](OC)[C@H](OCc3ccccc3)[C@@H](OCc3ccccc3)[C@@H]2OCc2ccccc2)[C@H](OCc2ccccc2)[C@H](OCc2ccccc2)[C@@H]1OCc1ccccc1. The smallest absolute Gasteiger partial charge is 0.264 e. The fourth-order valence-electron chi connectivity index (χ4n) is 8.66. The lowest BCUT2D eigenvalue weighted by atomic mass is 9.95. The fraction of sp³-hybridized carbons (Fsp3) is 0.368. The van der Waals surface area contributed by atoms with Gasteiger partial charge in [-0.1, -0.05) is 182 Å². The molecule has 10 atom stereocenters. The maximum atomic E-state index is 12.5. The molecule has 2 saturated heterocycles. The van der Waals surface area contributed by atoms with Crippen LogP contribution in [0.2, 0.25) is 0 Å². The van der Waals surface area contributed by atoms with Crippen LogP contribution in [-0.4, -0.2) is 96.4 Å². The van der Waals surface area contributed by atoms with Crippen molar-refractivity contribution >= 4 is 10.1 Å². The van der Waals surface area contributed by atoms with Gasteiger partial charge in [0, 0.05) is 14.9 Å². The van der Waals surface area contributed by atoms with Gasteiger partial charge in [-0.3, -0.25) is 4.18 Å². The van der Waals surface area contributed by atoms with Crippen molar-refractivity contribution in [1.29, 1.82) is 0 Å². The summed E-state index contributed by atoms with van der Waals surface area (Å²) in [4.78, 5) is 0. The largest absolute Gasteiger partial charge is 0.368 e. The second kappa shape index (κ2) is 27.0. The second-order valence-electron chi connectivity index (χ2n) is 17.4. The number of hydrogen-bond acceptors (Lipinski definition) is 13. The Hall–Kier alpha value is -5.17. The highest BCUT2D eigenvalue weighted by Gasteiger charge is 2.52. The van der Waals surface area contributed by atoms with Crippen LogP contribution in [0.3, 0.4) is 0 Å². The Bertz CT molecular complexity index is 2540. The topological polar surface area (TPSA) is 136 Å². The lowest BCUT2D eigenvalue weighted by molar-refractivity contribution is -0.349. The van der Waals surface area contributed by atoms with Crippen LogP contribution in [0.4, 0.5) is 0 Å². The second-order valence-corrected chi connectivity index (χ2v) is 18.7. The minimum Gasteiger partial charge on any atom is -0.368 e. The lowest BCUT2D eigenvalue weighted by Gasteiger charge is -2.48. The van der Waals surface area contributed by atoms with E-state index in [-0.39, 0.29) is 59.3 Å². The zero-order valence-electron chi connectivity index (χ0n) is 40.9. The van der Waals surface area contributed by atoms with E-state index < -0.39 is 77.8 Å². The zero-order chi connectivity index (χ0) is 49.8. The third kappa shape index (κ3) is 15.9. The first kappa shape index (κ1) is 50.8. The molecular weight excluding hydrogens is 925 g/mol. The average molecular weight is 990 g/mol. The van der Waals surface area contributed by atoms with Crippen LogP contribution in [0.25, 0.3) is 0 Å². The maximum absolute atomic E-state index is 12.5. The molecule has 6 aromatic carbocycles. The van der Waals surface area contributed by atoms with Crippen LogP contribution in [0.1, 0.15) is 41.2 Å². The normalized spacial score (nSPS) is 24.8. The molecule has 0 aromatic heterocycles. The molecule has 0 radical (unpaired) electrons. The molecule has 0 amide bonds. The third-order valence-electron chi connectivity index (χ3n) is 12.2. The van der Waals surface area contributed by atoms with Crippen molar-refractivity contribution in [2.45, 2.75) is 107 Å². The van der Waals surface area contributed by atoms with E-state index in [4.69, 9.17) is 52.9 Å². The van der Waals surface area contributed by atoms with Gasteiger partial charge in [0.2, 0.25) is 0 Å². The van der Waals surface area contributed by atoms with E-state index in [9.17, 15) is 8.42 Å². The number of benzene rings is 6. The number of ether oxygens (including phenoxy) is 10. The molecule has 0 aliphatic carbocycles. The first-order valence-electron chi connectivity index (χ1n) is 24.6. The Labute approximate surface area is 419 Å². The average Bonchev–Trinajstić information content (AvgIpc) is 3.43. The lowest BCUT2D eigenvalue weighted by Crippen LogP contribution is -2.63. The van der Waals surface area contributed by atoms with Gasteiger partial charge in [0.05, 0.1) is 65.2 Å². The van der Waals surface area contributed by atoms with E-state index in [1.165, 1.54) is 0 Å². The minimum absolute atomic E-state index is 0.0411. The molecule has 2 fully saturated rings. The molecule has 8 rings (SSSR count). The number of hydrogen-bond donors (Lipinski definition) is 0. The highest BCUT2D eigenvalue weighted by atomic mass is 32.2. The standard InChI is InChI=1S/C57H64O13S/c1-60-56-54(65-39-46-29-17-7-18-30-46)53(64-38-45-27-15-6-16-28-45)51(62-36-43-23-11-4-12-24-43)49(70-56)41-67-57-55(66-40-47-31-19-8-20-32-47)52(63-37-44-25-13-5-14-26-44)50(61-35-42-21-9-3-10-22-42)48(69-57)33-34-68-71(2,58)59/h3-32,48-57H,33-41H2,1-2H3/t48-,49+,50+,51+,52+,53-,54+,55+,56-,57?/m0/s1/i2D. The molecule has 71 heavy (non-hydrogen) atoms. The third-order valence-corrected chi connectivity index (χ3v) is 12.7. The van der Waals surface area contributed by atoms with E-state index in [0.717, 1.165) is 33.4 Å². The molecule has 2 heterocycles. The maximum Gasteiger partial charge on any atom is 0.264 e. The summed E-state index contributed by atoms with van der Waals surface area (Å²) in [5, 5.41) is 0. The summed E-state index contributed by atoms with van der Waals surface area (Å²) in [5.74, 6) is 0. The van der Waals surface area contributed by atoms with Gasteiger partial charge in [0.1, 0.15) is 42.7 Å². The van der Waals surface area contributed by atoms with E-state index in [0.29, 0.717) is 0 Å². The van der Waals surface area contributed by atoms with Gasteiger partial charge in [0.25, 0.3) is 10.1 Å². The van der Waals surface area contributed by atoms with Crippen molar-refractivity contribution in [3.8, 4) is 0 Å². The van der Waals surface area contributed by atoms with Crippen LogP contribution in [0.5, 0.6) is 0 Å². The van der Waals surface area contributed by atoms with Crippen molar-refractivity contribution in [1.82, 2.24) is 0 Å². The van der Waals surface area contributed by atoms with Crippen molar-refractivity contribution in [3.63, 3.8) is 0 Å². The predicted molar refractivity (Wildman–Crippen MR) is 266 cm³/mol. The van der Waals surface area contributed by atoms with Gasteiger partial charge in [-0.25, -0.2) is 0 Å². The quantitative estimate of drug-likeness (QED) is 0.0479. The first-order chi connectivity index (χ1) is 35.4. The van der Waals surface area contributed by atoms with E-state index in [1.54, 1.807) is 7.11 Å². The molecule has 0 N–H and O–H groups in total. The van der Waals surface area contributed by atoms with E-state index in [1.807, 2.05) is 182 Å². The van der Waals surface area contributed by atoms with Gasteiger partial charge in [0.15, 0.2) is 12.6 Å². The van der Waals surface area contributed by atoms with E-state index in [2.05, 4.69) is 0 Å². The molecule has 2 aliphatic rings. The molecular formula is C57H64O13S. The van der Waals surface area contributed by atoms with E-state index >= 15 is 0 Å². The van der Waals surface area contributed by atoms with Crippen molar-refractivity contribution < 1.29 is 61.3 Å². The zero-order valence-corrected chi connectivity index (χ0v) is 40.7.